The molecule has 16 heavy (non-hydrogen) atoms. The molecule has 0 saturated carbocycles. The number of nitrogens with two attached hydrogens (primary N) is 1. The van der Waals surface area contributed by atoms with Gasteiger partial charge >= 0.3 is 5.97 Å². The van der Waals surface area contributed by atoms with Crippen LogP contribution in [0, 0.1) is 6.92 Å². The molecular weight excluding hydrogens is 206 g/mol. The summed E-state index contributed by atoms with van der Waals surface area (Å²) >= 11 is 0. The van der Waals surface area contributed by atoms with E-state index in [9.17, 15) is 4.79 Å². The molecule has 0 aliphatic heterocycles. The van der Waals surface area contributed by atoms with Gasteiger partial charge in [-0.3, -0.25) is 4.79 Å². The molecule has 1 aromatic heterocycles. The zero-order valence-electron chi connectivity index (χ0n) is 8.90. The Kier molecular flexibility index (Phi) is 2.62. The van der Waals surface area contributed by atoms with Gasteiger partial charge in [-0.05, 0) is 24.6 Å². The molecule has 0 aliphatic carbocycles. The summed E-state index contributed by atoms with van der Waals surface area (Å²) in [4.78, 5) is 18.0. The first kappa shape index (κ1) is 10.6. The average molecular weight is 219 g/mol. The predicted octanol–water partition coefficient (Wildman–Crippen LogP) is 0.826. The molecule has 0 fully saturated rings. The molecule has 0 spiro atoms. The van der Waals surface area contributed by atoms with E-state index in [1.54, 1.807) is 0 Å². The zero-order chi connectivity index (χ0) is 11.7. The lowest BCUT2D eigenvalue weighted by Crippen LogP contribution is -2.32. The number of aromatic nitrogens is 2. The highest BCUT2D eigenvalue weighted by Crippen LogP contribution is 2.13. The van der Waals surface area contributed by atoms with Crippen LogP contribution in [0.15, 0.2) is 18.2 Å². The summed E-state index contributed by atoms with van der Waals surface area (Å²) in [6, 6.07) is 4.92. The van der Waals surface area contributed by atoms with Gasteiger partial charge in [0, 0.05) is 6.42 Å². The van der Waals surface area contributed by atoms with Crippen LogP contribution in [-0.4, -0.2) is 27.1 Å². The van der Waals surface area contributed by atoms with E-state index in [2.05, 4.69) is 9.97 Å². The average Bonchev–Trinajstić information content (AvgIpc) is 2.58. The molecule has 0 bridgehead atoms. The number of carboxylic acid groups (broad SMARTS) is 1. The summed E-state index contributed by atoms with van der Waals surface area (Å²) in [6.45, 7) is 1.99. The predicted molar refractivity (Wildman–Crippen MR) is 60.1 cm³/mol. The number of H-pyrrole nitrogens is 1. The van der Waals surface area contributed by atoms with Crippen molar-refractivity contribution < 1.29 is 9.90 Å². The normalized spacial score (nSPS) is 12.9. The van der Waals surface area contributed by atoms with E-state index in [0.717, 1.165) is 16.6 Å². The maximum absolute atomic E-state index is 10.6. The Morgan fingerprint density at radius 1 is 1.62 bits per heavy atom. The molecule has 1 aromatic carbocycles. The van der Waals surface area contributed by atoms with Crippen molar-refractivity contribution in [2.24, 2.45) is 5.73 Å². The molecule has 1 atom stereocenters. The third-order valence-electron chi connectivity index (χ3n) is 2.42. The van der Waals surface area contributed by atoms with Gasteiger partial charge in [0.2, 0.25) is 0 Å². The lowest BCUT2D eigenvalue weighted by molar-refractivity contribution is -0.138. The van der Waals surface area contributed by atoms with E-state index in [4.69, 9.17) is 10.8 Å². The summed E-state index contributed by atoms with van der Waals surface area (Å²) in [5.74, 6) is -0.410. The minimum Gasteiger partial charge on any atom is -0.480 e. The van der Waals surface area contributed by atoms with Crippen LogP contribution in [0.4, 0.5) is 0 Å². The van der Waals surface area contributed by atoms with Crippen molar-refractivity contribution in [2.75, 3.05) is 0 Å². The molecule has 4 N–H and O–H groups in total. The number of aryl methyl sites for hydroxylation is 1. The molecule has 0 radical (unpaired) electrons. The molecule has 0 unspecified atom stereocenters. The second-order valence-electron chi connectivity index (χ2n) is 3.85. The van der Waals surface area contributed by atoms with Crippen LogP contribution in [0.2, 0.25) is 0 Å². The number of aromatic amines is 1. The van der Waals surface area contributed by atoms with Crippen molar-refractivity contribution in [1.29, 1.82) is 0 Å². The molecule has 84 valence electrons. The summed E-state index contributed by atoms with van der Waals surface area (Å²) < 4.78 is 0. The van der Waals surface area contributed by atoms with Gasteiger partial charge in [0.05, 0.1) is 11.0 Å². The topological polar surface area (TPSA) is 92.0 Å². The number of carbonyl (C=O) groups is 1. The van der Waals surface area contributed by atoms with Gasteiger partial charge in [-0.2, -0.15) is 0 Å². The highest BCUT2D eigenvalue weighted by atomic mass is 16.4. The minimum atomic E-state index is -1.02. The molecule has 1 heterocycles. The van der Waals surface area contributed by atoms with Gasteiger partial charge in [0.15, 0.2) is 0 Å². The largest absolute Gasteiger partial charge is 0.480 e. The van der Waals surface area contributed by atoms with E-state index >= 15 is 0 Å². The fourth-order valence-corrected chi connectivity index (χ4v) is 1.57. The lowest BCUT2D eigenvalue weighted by atomic mass is 10.2. The van der Waals surface area contributed by atoms with Crippen LogP contribution in [0.3, 0.4) is 0 Å². The monoisotopic (exact) mass is 219 g/mol. The second kappa shape index (κ2) is 3.94. The fourth-order valence-electron chi connectivity index (χ4n) is 1.57. The standard InChI is InChI=1S/C11H13N3O2/c1-6-2-3-8-9(4-6)14-10(13-8)5-7(12)11(15)16/h2-4,7H,5,12H2,1H3,(H,13,14)(H,15,16)/t7-/m0/s1. The summed E-state index contributed by atoms with van der Waals surface area (Å²) in [6.07, 6.45) is 0.211. The number of imidazole rings is 1. The first-order valence-corrected chi connectivity index (χ1v) is 5.00. The number of nitrogens with one attached hydrogen (secondary N) is 1. The number of hydrogen-bond donors (Lipinski definition) is 3. The first-order valence-electron chi connectivity index (χ1n) is 5.00. The SMILES string of the molecule is Cc1ccc2nc(C[C@H](N)C(=O)O)[nH]c2c1. The number of nitrogens with zero attached hydrogens (tertiary/aromatic N) is 1. The summed E-state index contributed by atoms with van der Waals surface area (Å²) in [5.41, 5.74) is 8.31. The van der Waals surface area contributed by atoms with Crippen LogP contribution in [-0.2, 0) is 11.2 Å². The molecule has 0 amide bonds. The van der Waals surface area contributed by atoms with Gasteiger partial charge in [0.25, 0.3) is 0 Å². The Hall–Kier alpha value is -1.88. The highest BCUT2D eigenvalue weighted by molar-refractivity contribution is 5.76. The Labute approximate surface area is 92.3 Å². The smallest absolute Gasteiger partial charge is 0.320 e. The van der Waals surface area contributed by atoms with Gasteiger partial charge in [-0.1, -0.05) is 6.07 Å². The van der Waals surface area contributed by atoms with E-state index in [0.29, 0.717) is 5.82 Å². The maximum Gasteiger partial charge on any atom is 0.320 e. The molecule has 5 nitrogen and oxygen atoms in total. The number of aliphatic carboxylic acids is 1. The van der Waals surface area contributed by atoms with Crippen molar-refractivity contribution in [2.45, 2.75) is 19.4 Å². The van der Waals surface area contributed by atoms with E-state index in [1.807, 2.05) is 25.1 Å². The van der Waals surface area contributed by atoms with Gasteiger partial charge in [-0.15, -0.1) is 0 Å². The Morgan fingerprint density at radius 3 is 3.06 bits per heavy atom. The van der Waals surface area contributed by atoms with Crippen LogP contribution in [0.25, 0.3) is 11.0 Å². The minimum absolute atomic E-state index is 0.211. The lowest BCUT2D eigenvalue weighted by Gasteiger charge is -2.01. The number of fused-ring (bicyclic) bond motifs is 1. The summed E-state index contributed by atoms with van der Waals surface area (Å²) in [7, 11) is 0. The quantitative estimate of drug-likeness (QED) is 0.712. The molecule has 5 heteroatoms. The molecular formula is C11H13N3O2. The van der Waals surface area contributed by atoms with Crippen LogP contribution >= 0.6 is 0 Å². The first-order chi connectivity index (χ1) is 7.56. The number of benzene rings is 1. The van der Waals surface area contributed by atoms with Crippen LogP contribution < -0.4 is 5.73 Å². The van der Waals surface area contributed by atoms with Crippen molar-refractivity contribution in [3.05, 3.63) is 29.6 Å². The second-order valence-corrected chi connectivity index (χ2v) is 3.85. The zero-order valence-corrected chi connectivity index (χ0v) is 8.90. The van der Waals surface area contributed by atoms with Gasteiger partial charge in [-0.25, -0.2) is 4.98 Å². The highest BCUT2D eigenvalue weighted by Gasteiger charge is 2.14. The van der Waals surface area contributed by atoms with E-state index < -0.39 is 12.0 Å². The third kappa shape index (κ3) is 2.04. The van der Waals surface area contributed by atoms with Crippen molar-refractivity contribution >= 4 is 17.0 Å². The summed E-state index contributed by atoms with van der Waals surface area (Å²) in [5, 5.41) is 8.70. The maximum atomic E-state index is 10.6. The van der Waals surface area contributed by atoms with Crippen molar-refractivity contribution in [3.8, 4) is 0 Å². The van der Waals surface area contributed by atoms with Crippen molar-refractivity contribution in [1.82, 2.24) is 9.97 Å². The van der Waals surface area contributed by atoms with Gasteiger partial charge < -0.3 is 15.8 Å². The molecule has 2 rings (SSSR count). The van der Waals surface area contributed by atoms with E-state index in [-0.39, 0.29) is 6.42 Å². The van der Waals surface area contributed by atoms with Crippen LogP contribution in [0.1, 0.15) is 11.4 Å². The van der Waals surface area contributed by atoms with Crippen LogP contribution in [0.5, 0.6) is 0 Å². The molecule has 0 aliphatic rings. The molecule has 0 saturated heterocycles. The number of rotatable bonds is 3. The number of carboxylic acids is 1. The Morgan fingerprint density at radius 2 is 2.38 bits per heavy atom. The van der Waals surface area contributed by atoms with Crippen molar-refractivity contribution in [3.63, 3.8) is 0 Å². The third-order valence-corrected chi connectivity index (χ3v) is 2.42. The van der Waals surface area contributed by atoms with Gasteiger partial charge in [0.1, 0.15) is 11.9 Å². The Bertz CT molecular complexity index is 533. The molecule has 2 aromatic rings. The number of hydrogen-bond acceptors (Lipinski definition) is 3. The Balaban J connectivity index is 2.29. The van der Waals surface area contributed by atoms with E-state index in [1.165, 1.54) is 0 Å². The fraction of sp³-hybridized carbons (Fsp3) is 0.273.